The molecule has 3 rings (SSSR count). The minimum Gasteiger partial charge on any atom is -0.451 e. The first-order valence-corrected chi connectivity index (χ1v) is 8.99. The molecule has 1 amide bonds. The van der Waals surface area contributed by atoms with Gasteiger partial charge in [0.25, 0.3) is 11.5 Å². The largest absolute Gasteiger partial charge is 0.451 e. The van der Waals surface area contributed by atoms with E-state index in [1.807, 2.05) is 0 Å². The SMILES string of the molecule is CCn1nc(C(=O)OCC(=O)Nc2ccccc2C(C)=O)c2ccccc2c1=O. The van der Waals surface area contributed by atoms with Gasteiger partial charge in [0.1, 0.15) is 0 Å². The molecule has 1 heterocycles. The van der Waals surface area contributed by atoms with E-state index in [-0.39, 0.29) is 23.6 Å². The van der Waals surface area contributed by atoms with Gasteiger partial charge >= 0.3 is 5.97 Å². The summed E-state index contributed by atoms with van der Waals surface area (Å²) in [4.78, 5) is 48.7. The van der Waals surface area contributed by atoms with Crippen LogP contribution in [0.4, 0.5) is 5.69 Å². The number of carbonyl (C=O) groups excluding carboxylic acids is 3. The lowest BCUT2D eigenvalue weighted by Crippen LogP contribution is -2.27. The second kappa shape index (κ2) is 8.47. The van der Waals surface area contributed by atoms with Crippen LogP contribution in [0.15, 0.2) is 53.3 Å². The van der Waals surface area contributed by atoms with Gasteiger partial charge in [0, 0.05) is 17.5 Å². The average Bonchev–Trinajstić information content (AvgIpc) is 2.72. The summed E-state index contributed by atoms with van der Waals surface area (Å²) >= 11 is 0. The minimum atomic E-state index is -0.821. The second-order valence-corrected chi connectivity index (χ2v) is 6.24. The quantitative estimate of drug-likeness (QED) is 0.509. The number of esters is 1. The van der Waals surface area contributed by atoms with Crippen molar-refractivity contribution in [1.82, 2.24) is 9.78 Å². The van der Waals surface area contributed by atoms with Crippen LogP contribution in [-0.4, -0.2) is 34.0 Å². The lowest BCUT2D eigenvalue weighted by Gasteiger charge is -2.11. The maximum Gasteiger partial charge on any atom is 0.359 e. The van der Waals surface area contributed by atoms with Gasteiger partial charge in [-0.25, -0.2) is 9.48 Å². The zero-order chi connectivity index (χ0) is 21.0. The minimum absolute atomic E-state index is 0.0426. The monoisotopic (exact) mass is 393 g/mol. The summed E-state index contributed by atoms with van der Waals surface area (Å²) in [6.45, 7) is 2.85. The van der Waals surface area contributed by atoms with E-state index < -0.39 is 18.5 Å². The number of carbonyl (C=O) groups is 3. The van der Waals surface area contributed by atoms with Crippen molar-refractivity contribution in [1.29, 1.82) is 0 Å². The van der Waals surface area contributed by atoms with Crippen molar-refractivity contribution >= 4 is 34.1 Å². The van der Waals surface area contributed by atoms with E-state index in [2.05, 4.69) is 10.4 Å². The smallest absolute Gasteiger partial charge is 0.359 e. The van der Waals surface area contributed by atoms with Crippen molar-refractivity contribution in [3.05, 3.63) is 70.1 Å². The zero-order valence-electron chi connectivity index (χ0n) is 16.0. The van der Waals surface area contributed by atoms with Gasteiger partial charge in [0.05, 0.1) is 11.1 Å². The van der Waals surface area contributed by atoms with Crippen molar-refractivity contribution in [3.8, 4) is 0 Å². The molecule has 0 unspecified atom stereocenters. The van der Waals surface area contributed by atoms with Gasteiger partial charge < -0.3 is 10.1 Å². The van der Waals surface area contributed by atoms with Gasteiger partial charge in [-0.1, -0.05) is 30.3 Å². The number of hydrogen-bond donors (Lipinski definition) is 1. The van der Waals surface area contributed by atoms with Crippen LogP contribution >= 0.6 is 0 Å². The molecule has 8 heteroatoms. The Hall–Kier alpha value is -3.81. The normalized spacial score (nSPS) is 10.6. The van der Waals surface area contributed by atoms with Crippen LogP contribution < -0.4 is 10.9 Å². The zero-order valence-corrected chi connectivity index (χ0v) is 16.0. The standard InChI is InChI=1S/C21H19N3O5/c1-3-24-20(27)16-10-5-4-9-15(16)19(23-24)21(28)29-12-18(26)22-17-11-7-6-8-14(17)13(2)25/h4-11H,3,12H2,1-2H3,(H,22,26). The Kier molecular flexibility index (Phi) is 5.82. The molecule has 0 spiro atoms. The van der Waals surface area contributed by atoms with Gasteiger partial charge in [0.2, 0.25) is 0 Å². The number of fused-ring (bicyclic) bond motifs is 1. The van der Waals surface area contributed by atoms with E-state index in [0.29, 0.717) is 22.0 Å². The lowest BCUT2D eigenvalue weighted by molar-refractivity contribution is -0.119. The molecular weight excluding hydrogens is 374 g/mol. The highest BCUT2D eigenvalue weighted by molar-refractivity contribution is 6.05. The highest BCUT2D eigenvalue weighted by atomic mass is 16.5. The summed E-state index contributed by atoms with van der Waals surface area (Å²) in [5.41, 5.74) is 0.344. The number of para-hydroxylation sites is 1. The van der Waals surface area contributed by atoms with Gasteiger partial charge in [-0.2, -0.15) is 5.10 Å². The highest BCUT2D eigenvalue weighted by Gasteiger charge is 2.19. The number of anilines is 1. The van der Waals surface area contributed by atoms with Crippen LogP contribution in [0.5, 0.6) is 0 Å². The molecule has 0 radical (unpaired) electrons. The number of Topliss-reactive ketones (excluding diaryl/α,β-unsaturated/α-hetero) is 1. The number of ether oxygens (including phenoxy) is 1. The van der Waals surface area contributed by atoms with E-state index in [4.69, 9.17) is 4.74 Å². The van der Waals surface area contributed by atoms with E-state index in [9.17, 15) is 19.2 Å². The van der Waals surface area contributed by atoms with Gasteiger partial charge in [-0.15, -0.1) is 0 Å². The summed E-state index contributed by atoms with van der Waals surface area (Å²) in [5, 5.41) is 7.33. The van der Waals surface area contributed by atoms with Crippen LogP contribution in [0.1, 0.15) is 34.7 Å². The third-order valence-electron chi connectivity index (χ3n) is 4.28. The molecule has 1 aromatic heterocycles. The number of benzene rings is 2. The maximum atomic E-state index is 12.5. The molecule has 0 saturated carbocycles. The van der Waals surface area contributed by atoms with E-state index >= 15 is 0 Å². The van der Waals surface area contributed by atoms with Crippen LogP contribution in [0, 0.1) is 0 Å². The number of ketones is 1. The van der Waals surface area contributed by atoms with E-state index in [1.54, 1.807) is 55.5 Å². The van der Waals surface area contributed by atoms with Crippen molar-refractivity contribution in [2.45, 2.75) is 20.4 Å². The molecule has 8 nitrogen and oxygen atoms in total. The van der Waals surface area contributed by atoms with Crippen LogP contribution in [-0.2, 0) is 16.1 Å². The molecule has 0 aliphatic carbocycles. The molecule has 3 aromatic rings. The molecule has 0 aliphatic rings. The number of rotatable bonds is 6. The molecule has 29 heavy (non-hydrogen) atoms. The molecular formula is C21H19N3O5. The fourth-order valence-electron chi connectivity index (χ4n) is 2.89. The first-order chi connectivity index (χ1) is 13.9. The van der Waals surface area contributed by atoms with Gasteiger partial charge in [0.15, 0.2) is 18.1 Å². The predicted octanol–water partition coefficient (Wildman–Crippen LogP) is 2.41. The van der Waals surface area contributed by atoms with Crippen LogP contribution in [0.3, 0.4) is 0 Å². The first-order valence-electron chi connectivity index (χ1n) is 8.99. The van der Waals surface area contributed by atoms with Crippen molar-refractivity contribution in [2.75, 3.05) is 11.9 Å². The van der Waals surface area contributed by atoms with Gasteiger partial charge in [-0.05, 0) is 32.0 Å². The predicted molar refractivity (Wildman–Crippen MR) is 107 cm³/mol. The van der Waals surface area contributed by atoms with Crippen molar-refractivity contribution < 1.29 is 19.1 Å². The summed E-state index contributed by atoms with van der Waals surface area (Å²) in [6.07, 6.45) is 0. The molecule has 2 aromatic carbocycles. The third kappa shape index (κ3) is 4.21. The summed E-state index contributed by atoms with van der Waals surface area (Å²) < 4.78 is 6.26. The Morgan fingerprint density at radius 3 is 2.38 bits per heavy atom. The van der Waals surface area contributed by atoms with Gasteiger partial charge in [-0.3, -0.25) is 14.4 Å². The topological polar surface area (TPSA) is 107 Å². The van der Waals surface area contributed by atoms with Crippen LogP contribution in [0.2, 0.25) is 0 Å². The molecule has 0 fully saturated rings. The Labute approximate surface area is 166 Å². The molecule has 0 saturated heterocycles. The number of aryl methyl sites for hydroxylation is 1. The van der Waals surface area contributed by atoms with E-state index in [0.717, 1.165) is 0 Å². The highest BCUT2D eigenvalue weighted by Crippen LogP contribution is 2.16. The molecule has 0 bridgehead atoms. The molecule has 0 atom stereocenters. The Balaban J connectivity index is 1.78. The fourth-order valence-corrected chi connectivity index (χ4v) is 2.89. The lowest BCUT2D eigenvalue weighted by atomic mass is 10.1. The summed E-state index contributed by atoms with van der Waals surface area (Å²) in [5.74, 6) is -1.62. The third-order valence-corrected chi connectivity index (χ3v) is 4.28. The Morgan fingerprint density at radius 1 is 1.03 bits per heavy atom. The number of amides is 1. The van der Waals surface area contributed by atoms with Crippen LogP contribution in [0.25, 0.3) is 10.8 Å². The average molecular weight is 393 g/mol. The first kappa shape index (κ1) is 19.9. The van der Waals surface area contributed by atoms with E-state index in [1.165, 1.54) is 11.6 Å². The number of hydrogen-bond acceptors (Lipinski definition) is 6. The number of nitrogens with zero attached hydrogens (tertiary/aromatic N) is 2. The molecule has 1 N–H and O–H groups in total. The Bertz CT molecular complexity index is 1170. The number of aromatic nitrogens is 2. The summed E-state index contributed by atoms with van der Waals surface area (Å²) in [7, 11) is 0. The Morgan fingerprint density at radius 2 is 1.69 bits per heavy atom. The number of nitrogens with one attached hydrogen (secondary N) is 1. The summed E-state index contributed by atoms with van der Waals surface area (Å²) in [6, 6.07) is 13.1. The fraction of sp³-hybridized carbons (Fsp3) is 0.190. The second-order valence-electron chi connectivity index (χ2n) is 6.24. The van der Waals surface area contributed by atoms with Crippen molar-refractivity contribution in [3.63, 3.8) is 0 Å². The maximum absolute atomic E-state index is 12.5. The molecule has 148 valence electrons. The molecule has 0 aliphatic heterocycles. The van der Waals surface area contributed by atoms with Crippen molar-refractivity contribution in [2.24, 2.45) is 0 Å².